The van der Waals surface area contributed by atoms with Crippen molar-refractivity contribution in [3.63, 3.8) is 0 Å². The van der Waals surface area contributed by atoms with Crippen molar-refractivity contribution in [3.8, 4) is 11.5 Å². The fourth-order valence-corrected chi connectivity index (χ4v) is 5.54. The molecule has 2 saturated heterocycles. The van der Waals surface area contributed by atoms with Crippen molar-refractivity contribution < 1.29 is 18.6 Å². The van der Waals surface area contributed by atoms with Crippen LogP contribution < -0.4 is 4.74 Å². The maximum absolute atomic E-state index is 13.3. The van der Waals surface area contributed by atoms with Crippen molar-refractivity contribution in [3.05, 3.63) is 58.5 Å². The summed E-state index contributed by atoms with van der Waals surface area (Å²) in [6, 6.07) is 11.6. The molecule has 0 bridgehead atoms. The van der Waals surface area contributed by atoms with Gasteiger partial charge in [-0.3, -0.25) is 13.9 Å². The number of ether oxygens (including phenoxy) is 1. The molecule has 0 aromatic heterocycles. The highest BCUT2D eigenvalue weighted by molar-refractivity contribution is 7.54. The molecular weight excluding hydrogens is 419 g/mol. The van der Waals surface area contributed by atoms with E-state index in [1.54, 1.807) is 56.6 Å². The number of carbonyl (C=O) groups excluding carboxylic acids is 1. The minimum absolute atomic E-state index is 0.125. The summed E-state index contributed by atoms with van der Waals surface area (Å²) in [4.78, 5) is 25.0. The van der Waals surface area contributed by atoms with Crippen molar-refractivity contribution in [2.24, 2.45) is 5.18 Å². The minimum atomic E-state index is -2.99. The lowest BCUT2D eigenvalue weighted by atomic mass is 10.1. The molecule has 2 aliphatic heterocycles. The Labute approximate surface area is 181 Å². The lowest BCUT2D eigenvalue weighted by Crippen LogP contribution is -2.21. The summed E-state index contributed by atoms with van der Waals surface area (Å²) in [5.41, 5.74) is 1.31. The van der Waals surface area contributed by atoms with E-state index in [9.17, 15) is 14.3 Å². The molecular formula is C21H25N4O5P. The molecule has 1 amide bonds. The Morgan fingerprint density at radius 2 is 1.77 bits per heavy atom. The Balaban J connectivity index is 1.57. The Morgan fingerprint density at radius 1 is 1.10 bits per heavy atom. The van der Waals surface area contributed by atoms with E-state index < -0.39 is 13.8 Å². The maximum atomic E-state index is 13.3. The molecule has 10 heteroatoms. The maximum Gasteiger partial charge on any atom is 0.346 e. The Morgan fingerprint density at radius 3 is 2.35 bits per heavy atom. The van der Waals surface area contributed by atoms with E-state index in [1.165, 1.54) is 4.90 Å². The number of benzene rings is 2. The van der Waals surface area contributed by atoms with Gasteiger partial charge in [0, 0.05) is 45.8 Å². The first-order valence-electron chi connectivity index (χ1n) is 10.1. The van der Waals surface area contributed by atoms with Crippen LogP contribution in [0.4, 0.5) is 5.69 Å². The Hall–Kier alpha value is -2.58. The molecule has 1 atom stereocenters. The highest BCUT2D eigenvalue weighted by Gasteiger charge is 2.50. The van der Waals surface area contributed by atoms with Crippen LogP contribution in [-0.2, 0) is 9.09 Å². The molecule has 31 heavy (non-hydrogen) atoms. The van der Waals surface area contributed by atoms with E-state index in [1.807, 2.05) is 16.3 Å². The van der Waals surface area contributed by atoms with Crippen LogP contribution in [0.5, 0.6) is 11.5 Å². The predicted molar refractivity (Wildman–Crippen MR) is 117 cm³/mol. The average molecular weight is 444 g/mol. The van der Waals surface area contributed by atoms with Crippen molar-refractivity contribution >= 4 is 19.3 Å². The number of nitroso groups, excluding NO2 is 1. The van der Waals surface area contributed by atoms with E-state index in [0.717, 1.165) is 26.2 Å². The zero-order chi connectivity index (χ0) is 22.2. The van der Waals surface area contributed by atoms with Crippen molar-refractivity contribution in [2.45, 2.75) is 13.0 Å². The molecule has 0 saturated carbocycles. The van der Waals surface area contributed by atoms with E-state index >= 15 is 0 Å². The van der Waals surface area contributed by atoms with Crippen LogP contribution in [-0.4, -0.2) is 60.4 Å². The summed E-state index contributed by atoms with van der Waals surface area (Å²) in [5, 5.41) is 3.04. The molecule has 2 aliphatic rings. The number of hydrogen-bond donors (Lipinski definition) is 0. The van der Waals surface area contributed by atoms with Crippen LogP contribution in [0.15, 0.2) is 47.6 Å². The Kier molecular flexibility index (Phi) is 5.94. The summed E-state index contributed by atoms with van der Waals surface area (Å²) in [6.07, 6.45) is -0.475. The van der Waals surface area contributed by atoms with Crippen molar-refractivity contribution in [2.75, 3.05) is 40.3 Å². The zero-order valence-electron chi connectivity index (χ0n) is 17.7. The lowest BCUT2D eigenvalue weighted by Gasteiger charge is -2.24. The topological polar surface area (TPSA) is 91.3 Å². The third kappa shape index (κ3) is 4.70. The number of rotatable bonds is 9. The molecule has 2 heterocycles. The molecule has 164 valence electrons. The van der Waals surface area contributed by atoms with Crippen LogP contribution in [0.3, 0.4) is 0 Å². The van der Waals surface area contributed by atoms with Gasteiger partial charge in [-0.15, -0.1) is 4.91 Å². The molecule has 0 N–H and O–H groups in total. The van der Waals surface area contributed by atoms with E-state index in [4.69, 9.17) is 9.26 Å². The summed E-state index contributed by atoms with van der Waals surface area (Å²) in [6.45, 7) is 4.90. The summed E-state index contributed by atoms with van der Waals surface area (Å²) >= 11 is 0. The molecule has 0 radical (unpaired) electrons. The Bertz CT molecular complexity index is 1040. The van der Waals surface area contributed by atoms with Gasteiger partial charge in [0.1, 0.15) is 5.75 Å². The average Bonchev–Trinajstić information content (AvgIpc) is 3.65. The van der Waals surface area contributed by atoms with Crippen molar-refractivity contribution in [1.82, 2.24) is 14.2 Å². The molecule has 0 unspecified atom stereocenters. The van der Waals surface area contributed by atoms with Crippen LogP contribution in [0.2, 0.25) is 0 Å². The largest absolute Gasteiger partial charge is 0.455 e. The van der Waals surface area contributed by atoms with Gasteiger partial charge in [-0.25, -0.2) is 9.34 Å². The number of hydrogen-bond acceptors (Lipinski definition) is 6. The highest BCUT2D eigenvalue weighted by Crippen LogP contribution is 2.63. The SMILES string of the molecule is C[C@@H](OP(=O)(N1CC1)N1CC1)c1ccc(N=O)c(Oc2cccc(C(=O)N(C)C)c2)c1. The van der Waals surface area contributed by atoms with Gasteiger partial charge in [-0.05, 0) is 48.0 Å². The van der Waals surface area contributed by atoms with Crippen LogP contribution in [0, 0.1) is 4.91 Å². The van der Waals surface area contributed by atoms with E-state index in [-0.39, 0.29) is 17.3 Å². The molecule has 4 rings (SSSR count). The van der Waals surface area contributed by atoms with Gasteiger partial charge in [-0.1, -0.05) is 12.1 Å². The number of amides is 1. The smallest absolute Gasteiger partial charge is 0.346 e. The lowest BCUT2D eigenvalue weighted by molar-refractivity contribution is 0.0827. The first-order chi connectivity index (χ1) is 14.8. The third-order valence-electron chi connectivity index (χ3n) is 5.12. The molecule has 9 nitrogen and oxygen atoms in total. The van der Waals surface area contributed by atoms with Crippen LogP contribution in [0.1, 0.15) is 28.9 Å². The monoisotopic (exact) mass is 444 g/mol. The second-order valence-electron chi connectivity index (χ2n) is 7.79. The zero-order valence-corrected chi connectivity index (χ0v) is 18.6. The van der Waals surface area contributed by atoms with Gasteiger partial charge in [0.2, 0.25) is 0 Å². The molecule has 0 spiro atoms. The third-order valence-corrected chi connectivity index (χ3v) is 7.94. The first-order valence-corrected chi connectivity index (χ1v) is 11.6. The van der Waals surface area contributed by atoms with E-state index in [0.29, 0.717) is 16.9 Å². The second-order valence-corrected chi connectivity index (χ2v) is 10.1. The first kappa shape index (κ1) is 21.6. The second kappa shape index (κ2) is 8.51. The standard InChI is InChI=1S/C21H25N4O5P/c1-15(30-31(28,24-9-10-24)25-11-12-25)16-7-8-19(22-27)20(14-16)29-18-6-4-5-17(13-18)21(26)23(2)3/h4-8,13-15H,9-12H2,1-3H3/t15-/m1/s1. The van der Waals surface area contributed by atoms with Gasteiger partial charge in [-0.2, -0.15) is 0 Å². The highest BCUT2D eigenvalue weighted by atomic mass is 31.2. The van der Waals surface area contributed by atoms with Gasteiger partial charge >= 0.3 is 7.67 Å². The predicted octanol–water partition coefficient (Wildman–Crippen LogP) is 4.40. The van der Waals surface area contributed by atoms with Gasteiger partial charge in [0.15, 0.2) is 11.4 Å². The van der Waals surface area contributed by atoms with Crippen molar-refractivity contribution in [1.29, 1.82) is 0 Å². The summed E-state index contributed by atoms with van der Waals surface area (Å²) in [7, 11) is 0.350. The fraction of sp³-hybridized carbons (Fsp3) is 0.381. The number of carbonyl (C=O) groups is 1. The quantitative estimate of drug-likeness (QED) is 0.322. The van der Waals surface area contributed by atoms with Gasteiger partial charge in [0.25, 0.3) is 5.91 Å². The van der Waals surface area contributed by atoms with E-state index in [2.05, 4.69) is 5.18 Å². The van der Waals surface area contributed by atoms with Crippen LogP contribution in [0.25, 0.3) is 0 Å². The van der Waals surface area contributed by atoms with Crippen LogP contribution >= 0.6 is 7.67 Å². The molecule has 2 aromatic carbocycles. The van der Waals surface area contributed by atoms with Gasteiger partial charge in [0.05, 0.1) is 6.10 Å². The molecule has 0 aliphatic carbocycles. The molecule has 2 fully saturated rings. The normalized spacial score (nSPS) is 17.1. The number of nitrogens with zero attached hydrogens (tertiary/aromatic N) is 4. The summed E-state index contributed by atoms with van der Waals surface area (Å²) < 4.78 is 28.9. The molecule has 2 aromatic rings. The van der Waals surface area contributed by atoms with Gasteiger partial charge < -0.3 is 9.64 Å². The minimum Gasteiger partial charge on any atom is -0.455 e. The fourth-order valence-electron chi connectivity index (χ4n) is 3.19. The summed E-state index contributed by atoms with van der Waals surface area (Å²) in [5.74, 6) is 0.490.